The van der Waals surface area contributed by atoms with E-state index in [0.29, 0.717) is 17.1 Å². The number of hydrogen-bond acceptors (Lipinski definition) is 5. The van der Waals surface area contributed by atoms with Crippen LogP contribution in [0.4, 0.5) is 11.4 Å². The summed E-state index contributed by atoms with van der Waals surface area (Å²) in [5.74, 6) is -0.296. The normalized spacial score (nSPS) is 19.0. The van der Waals surface area contributed by atoms with Crippen molar-refractivity contribution in [2.45, 2.75) is 12.5 Å². The Morgan fingerprint density at radius 3 is 2.75 bits per heavy atom. The summed E-state index contributed by atoms with van der Waals surface area (Å²) in [6.07, 6.45) is 1.95. The van der Waals surface area contributed by atoms with Gasteiger partial charge in [-0.3, -0.25) is 9.78 Å². The Balaban J connectivity index is 1.71. The second-order valence-corrected chi connectivity index (χ2v) is 8.24. The zero-order valence-electron chi connectivity index (χ0n) is 12.7. The second-order valence-electron chi connectivity index (χ2n) is 5.61. The molecule has 0 radical (unpaired) electrons. The molecule has 1 atom stereocenters. The first-order valence-electron chi connectivity index (χ1n) is 7.42. The van der Waals surface area contributed by atoms with Crippen molar-refractivity contribution in [1.82, 2.24) is 10.3 Å². The standard InChI is InChI=1S/C16H16ClN3O3S/c17-13-3-1-2-4-14(13)19-11-5-7-18-15(9-11)16(21)20-12-6-8-24(22,23)10-12/h1-5,7,9,12H,6,8,10H2,(H,18,19)(H,20,21). The number of sulfone groups is 1. The maximum Gasteiger partial charge on any atom is 0.270 e. The van der Waals surface area contributed by atoms with E-state index in [0.717, 1.165) is 5.69 Å². The maximum absolute atomic E-state index is 12.3. The molecule has 8 heteroatoms. The zero-order chi connectivity index (χ0) is 17.2. The number of rotatable bonds is 4. The van der Waals surface area contributed by atoms with E-state index in [1.807, 2.05) is 18.2 Å². The van der Waals surface area contributed by atoms with Crippen molar-refractivity contribution in [2.24, 2.45) is 0 Å². The largest absolute Gasteiger partial charge is 0.354 e. The fraction of sp³-hybridized carbons (Fsp3) is 0.250. The molecule has 6 nitrogen and oxygen atoms in total. The van der Waals surface area contributed by atoms with E-state index in [-0.39, 0.29) is 29.1 Å². The minimum atomic E-state index is -3.04. The molecule has 1 aliphatic rings. The minimum Gasteiger partial charge on any atom is -0.354 e. The van der Waals surface area contributed by atoms with Gasteiger partial charge in [-0.1, -0.05) is 23.7 Å². The number of carbonyl (C=O) groups excluding carboxylic acids is 1. The smallest absolute Gasteiger partial charge is 0.270 e. The molecule has 1 saturated heterocycles. The molecular weight excluding hydrogens is 350 g/mol. The molecule has 24 heavy (non-hydrogen) atoms. The maximum atomic E-state index is 12.3. The summed E-state index contributed by atoms with van der Waals surface area (Å²) < 4.78 is 22.9. The molecule has 1 aromatic heterocycles. The van der Waals surface area contributed by atoms with Gasteiger partial charge in [0.1, 0.15) is 5.69 Å². The van der Waals surface area contributed by atoms with Crippen molar-refractivity contribution in [3.05, 3.63) is 53.3 Å². The van der Waals surface area contributed by atoms with Crippen molar-refractivity contribution in [3.8, 4) is 0 Å². The average molecular weight is 366 g/mol. The lowest BCUT2D eigenvalue weighted by Gasteiger charge is -2.12. The third-order valence-corrected chi connectivity index (χ3v) is 5.81. The van der Waals surface area contributed by atoms with Crippen LogP contribution in [0.3, 0.4) is 0 Å². The van der Waals surface area contributed by atoms with Gasteiger partial charge in [-0.2, -0.15) is 0 Å². The molecular formula is C16H16ClN3O3S. The van der Waals surface area contributed by atoms with Crippen molar-refractivity contribution in [1.29, 1.82) is 0 Å². The Morgan fingerprint density at radius 1 is 1.25 bits per heavy atom. The highest BCUT2D eigenvalue weighted by Gasteiger charge is 2.29. The number of para-hydroxylation sites is 1. The summed E-state index contributed by atoms with van der Waals surface area (Å²) in [7, 11) is -3.04. The number of amides is 1. The number of hydrogen-bond donors (Lipinski definition) is 2. The van der Waals surface area contributed by atoms with E-state index < -0.39 is 9.84 Å². The summed E-state index contributed by atoms with van der Waals surface area (Å²) in [5.41, 5.74) is 1.61. The molecule has 3 rings (SSSR count). The molecule has 0 spiro atoms. The monoisotopic (exact) mass is 365 g/mol. The van der Waals surface area contributed by atoms with Crippen LogP contribution >= 0.6 is 11.6 Å². The van der Waals surface area contributed by atoms with Crippen molar-refractivity contribution < 1.29 is 13.2 Å². The zero-order valence-corrected chi connectivity index (χ0v) is 14.3. The summed E-state index contributed by atoms with van der Waals surface area (Å²) in [6, 6.07) is 10.2. The topological polar surface area (TPSA) is 88.2 Å². The lowest BCUT2D eigenvalue weighted by Crippen LogP contribution is -2.36. The number of benzene rings is 1. The predicted molar refractivity (Wildman–Crippen MR) is 93.5 cm³/mol. The number of halogens is 1. The minimum absolute atomic E-state index is 0.0176. The first-order chi connectivity index (χ1) is 11.4. The molecule has 0 bridgehead atoms. The molecule has 0 saturated carbocycles. The van der Waals surface area contributed by atoms with E-state index in [9.17, 15) is 13.2 Å². The third kappa shape index (κ3) is 4.04. The number of nitrogens with zero attached hydrogens (tertiary/aromatic N) is 1. The quantitative estimate of drug-likeness (QED) is 0.868. The first kappa shape index (κ1) is 16.7. The van der Waals surface area contributed by atoms with Crippen LogP contribution in [-0.2, 0) is 9.84 Å². The Labute approximate surface area is 145 Å². The molecule has 1 unspecified atom stereocenters. The molecule has 2 N–H and O–H groups in total. The highest BCUT2D eigenvalue weighted by molar-refractivity contribution is 7.91. The van der Waals surface area contributed by atoms with Gasteiger partial charge in [0.15, 0.2) is 9.84 Å². The van der Waals surface area contributed by atoms with E-state index in [1.54, 1.807) is 18.2 Å². The number of nitrogens with one attached hydrogen (secondary N) is 2. The van der Waals surface area contributed by atoms with Gasteiger partial charge < -0.3 is 10.6 Å². The van der Waals surface area contributed by atoms with Crippen LogP contribution in [0.25, 0.3) is 0 Å². The van der Waals surface area contributed by atoms with E-state index in [4.69, 9.17) is 11.6 Å². The first-order valence-corrected chi connectivity index (χ1v) is 9.62. The molecule has 1 amide bonds. The van der Waals surface area contributed by atoms with Gasteiger partial charge in [-0.15, -0.1) is 0 Å². The highest BCUT2D eigenvalue weighted by Crippen LogP contribution is 2.24. The summed E-state index contributed by atoms with van der Waals surface area (Å²) in [6.45, 7) is 0. The van der Waals surface area contributed by atoms with Crippen LogP contribution in [0, 0.1) is 0 Å². The van der Waals surface area contributed by atoms with Gasteiger partial charge in [0.25, 0.3) is 5.91 Å². The number of pyridine rings is 1. The fourth-order valence-corrected chi connectivity index (χ4v) is 4.38. The molecule has 2 aromatic rings. The Kier molecular flexibility index (Phi) is 4.73. The molecule has 0 aliphatic carbocycles. The van der Waals surface area contributed by atoms with Gasteiger partial charge in [0.05, 0.1) is 22.2 Å². The number of carbonyl (C=O) groups is 1. The van der Waals surface area contributed by atoms with Crippen molar-refractivity contribution >= 4 is 38.7 Å². The lowest BCUT2D eigenvalue weighted by atomic mass is 10.2. The van der Waals surface area contributed by atoms with Gasteiger partial charge in [-0.05, 0) is 30.7 Å². The number of aromatic nitrogens is 1. The van der Waals surface area contributed by atoms with Crippen molar-refractivity contribution in [2.75, 3.05) is 16.8 Å². The summed E-state index contributed by atoms with van der Waals surface area (Å²) >= 11 is 6.10. The molecule has 1 fully saturated rings. The Morgan fingerprint density at radius 2 is 2.04 bits per heavy atom. The number of anilines is 2. The summed E-state index contributed by atoms with van der Waals surface area (Å²) in [4.78, 5) is 16.3. The second kappa shape index (κ2) is 6.78. The van der Waals surface area contributed by atoms with Gasteiger partial charge in [0.2, 0.25) is 0 Å². The molecule has 126 valence electrons. The van der Waals surface area contributed by atoms with E-state index >= 15 is 0 Å². The lowest BCUT2D eigenvalue weighted by molar-refractivity contribution is 0.0936. The third-order valence-electron chi connectivity index (χ3n) is 3.71. The fourth-order valence-electron chi connectivity index (χ4n) is 2.52. The van der Waals surface area contributed by atoms with Crippen LogP contribution in [0.2, 0.25) is 5.02 Å². The van der Waals surface area contributed by atoms with Gasteiger partial charge in [0, 0.05) is 17.9 Å². The van der Waals surface area contributed by atoms with E-state index in [1.165, 1.54) is 6.20 Å². The summed E-state index contributed by atoms with van der Waals surface area (Å²) in [5, 5.41) is 6.41. The molecule has 1 aromatic carbocycles. The van der Waals surface area contributed by atoms with E-state index in [2.05, 4.69) is 15.6 Å². The molecule has 2 heterocycles. The van der Waals surface area contributed by atoms with Crippen LogP contribution in [0.1, 0.15) is 16.9 Å². The van der Waals surface area contributed by atoms with Crippen LogP contribution in [-0.4, -0.2) is 36.9 Å². The van der Waals surface area contributed by atoms with Crippen molar-refractivity contribution in [3.63, 3.8) is 0 Å². The average Bonchev–Trinajstić information content (AvgIpc) is 2.88. The SMILES string of the molecule is O=C(NC1CCS(=O)(=O)C1)c1cc(Nc2ccccc2Cl)ccn1. The van der Waals surface area contributed by atoms with Crippen LogP contribution in [0.5, 0.6) is 0 Å². The van der Waals surface area contributed by atoms with Gasteiger partial charge in [-0.25, -0.2) is 8.42 Å². The van der Waals surface area contributed by atoms with Crippen LogP contribution < -0.4 is 10.6 Å². The van der Waals surface area contributed by atoms with Crippen LogP contribution in [0.15, 0.2) is 42.6 Å². The highest BCUT2D eigenvalue weighted by atomic mass is 35.5. The van der Waals surface area contributed by atoms with Gasteiger partial charge >= 0.3 is 0 Å². The molecule has 1 aliphatic heterocycles. The Hall–Kier alpha value is -2.12. The predicted octanol–water partition coefficient (Wildman–Crippen LogP) is 2.40. The Bertz CT molecular complexity index is 870.